The summed E-state index contributed by atoms with van der Waals surface area (Å²) < 4.78 is 12.8. The lowest BCUT2D eigenvalue weighted by molar-refractivity contribution is -0.129. The number of halogens is 1. The molecule has 1 heterocycles. The van der Waals surface area contributed by atoms with Crippen LogP contribution in [0.2, 0.25) is 0 Å². The summed E-state index contributed by atoms with van der Waals surface area (Å²) in [6, 6.07) is 6.09. The topological polar surface area (TPSA) is 46.3 Å². The highest BCUT2D eigenvalue weighted by atomic mass is 19.1. The summed E-state index contributed by atoms with van der Waals surface area (Å²) in [6.45, 7) is 4.21. The predicted molar refractivity (Wildman–Crippen MR) is 68.5 cm³/mol. The smallest absolute Gasteiger partial charge is 0.227 e. The van der Waals surface area contributed by atoms with Gasteiger partial charge in [0.2, 0.25) is 5.91 Å². The van der Waals surface area contributed by atoms with Gasteiger partial charge in [-0.2, -0.15) is 0 Å². The Kier molecular flexibility index (Phi) is 3.66. The van der Waals surface area contributed by atoms with Crippen LogP contribution in [0.4, 0.5) is 4.39 Å². The summed E-state index contributed by atoms with van der Waals surface area (Å²) in [7, 11) is 0. The second-order valence-electron chi connectivity index (χ2n) is 5.38. The van der Waals surface area contributed by atoms with Crippen molar-refractivity contribution in [2.45, 2.75) is 19.8 Å². The molecule has 0 saturated carbocycles. The SMILES string of the molecule is CC1(CN)CCN(C(=O)Cc2ccc(F)cc2)C1. The molecule has 1 aromatic carbocycles. The molecule has 18 heavy (non-hydrogen) atoms. The predicted octanol–water partition coefficient (Wildman–Crippen LogP) is 1.57. The molecule has 4 heteroatoms. The zero-order valence-corrected chi connectivity index (χ0v) is 10.7. The van der Waals surface area contributed by atoms with Gasteiger partial charge in [-0.3, -0.25) is 4.79 Å². The molecule has 0 spiro atoms. The molecule has 1 aromatic rings. The molecule has 0 aromatic heterocycles. The molecule has 3 nitrogen and oxygen atoms in total. The number of likely N-dealkylation sites (tertiary alicyclic amines) is 1. The van der Waals surface area contributed by atoms with Crippen molar-refractivity contribution in [2.24, 2.45) is 11.1 Å². The fourth-order valence-corrected chi connectivity index (χ4v) is 2.29. The van der Waals surface area contributed by atoms with Crippen LogP contribution in [0, 0.1) is 11.2 Å². The zero-order chi connectivity index (χ0) is 13.2. The van der Waals surface area contributed by atoms with Crippen LogP contribution in [0.25, 0.3) is 0 Å². The first-order chi connectivity index (χ1) is 8.52. The minimum Gasteiger partial charge on any atom is -0.342 e. The molecular formula is C14H19FN2O. The van der Waals surface area contributed by atoms with Crippen LogP contribution >= 0.6 is 0 Å². The highest BCUT2D eigenvalue weighted by Crippen LogP contribution is 2.28. The van der Waals surface area contributed by atoms with Crippen molar-refractivity contribution in [3.8, 4) is 0 Å². The lowest BCUT2D eigenvalue weighted by Crippen LogP contribution is -2.35. The average Bonchev–Trinajstić information content (AvgIpc) is 2.76. The van der Waals surface area contributed by atoms with E-state index in [0.29, 0.717) is 13.0 Å². The zero-order valence-electron chi connectivity index (χ0n) is 10.7. The first-order valence-corrected chi connectivity index (χ1v) is 6.25. The van der Waals surface area contributed by atoms with Gasteiger partial charge in [0.25, 0.3) is 0 Å². The van der Waals surface area contributed by atoms with Crippen molar-refractivity contribution in [3.05, 3.63) is 35.6 Å². The Labute approximate surface area is 107 Å². The largest absolute Gasteiger partial charge is 0.342 e. The number of amides is 1. The number of hydrogen-bond acceptors (Lipinski definition) is 2. The minimum atomic E-state index is -0.275. The molecule has 0 aliphatic carbocycles. The van der Waals surface area contributed by atoms with Crippen LogP contribution in [-0.2, 0) is 11.2 Å². The number of carbonyl (C=O) groups is 1. The second kappa shape index (κ2) is 5.06. The Morgan fingerprint density at radius 1 is 1.44 bits per heavy atom. The second-order valence-corrected chi connectivity index (χ2v) is 5.38. The number of carbonyl (C=O) groups excluding carboxylic acids is 1. The lowest BCUT2D eigenvalue weighted by atomic mass is 9.90. The van der Waals surface area contributed by atoms with E-state index in [4.69, 9.17) is 5.73 Å². The molecule has 1 atom stereocenters. The monoisotopic (exact) mass is 250 g/mol. The first-order valence-electron chi connectivity index (χ1n) is 6.25. The molecule has 0 radical (unpaired) electrons. The maximum Gasteiger partial charge on any atom is 0.227 e. The third-order valence-corrected chi connectivity index (χ3v) is 3.67. The van der Waals surface area contributed by atoms with Crippen molar-refractivity contribution in [1.82, 2.24) is 4.90 Å². The van der Waals surface area contributed by atoms with E-state index in [-0.39, 0.29) is 17.1 Å². The van der Waals surface area contributed by atoms with Crippen molar-refractivity contribution < 1.29 is 9.18 Å². The molecule has 1 amide bonds. The van der Waals surface area contributed by atoms with Gasteiger partial charge >= 0.3 is 0 Å². The summed E-state index contributed by atoms with van der Waals surface area (Å²) in [5.41, 5.74) is 6.62. The summed E-state index contributed by atoms with van der Waals surface area (Å²) in [4.78, 5) is 14.0. The maximum absolute atomic E-state index is 12.8. The van der Waals surface area contributed by atoms with Gasteiger partial charge in [-0.25, -0.2) is 4.39 Å². The summed E-state index contributed by atoms with van der Waals surface area (Å²) >= 11 is 0. The fourth-order valence-electron chi connectivity index (χ4n) is 2.29. The Hall–Kier alpha value is -1.42. The molecule has 2 rings (SSSR count). The van der Waals surface area contributed by atoms with E-state index in [0.717, 1.165) is 25.1 Å². The van der Waals surface area contributed by atoms with Gasteiger partial charge in [0.1, 0.15) is 5.82 Å². The van der Waals surface area contributed by atoms with E-state index >= 15 is 0 Å². The summed E-state index contributed by atoms with van der Waals surface area (Å²) in [5.74, 6) is -0.179. The molecule has 98 valence electrons. The van der Waals surface area contributed by atoms with E-state index < -0.39 is 0 Å². The van der Waals surface area contributed by atoms with E-state index in [9.17, 15) is 9.18 Å². The molecule has 1 fully saturated rings. The number of rotatable bonds is 3. The Bertz CT molecular complexity index is 432. The van der Waals surface area contributed by atoms with E-state index in [1.165, 1.54) is 12.1 Å². The minimum absolute atomic E-state index is 0.0540. The molecule has 0 bridgehead atoms. The molecule has 2 N–H and O–H groups in total. The Morgan fingerprint density at radius 2 is 2.11 bits per heavy atom. The fraction of sp³-hybridized carbons (Fsp3) is 0.500. The molecule has 1 saturated heterocycles. The number of benzene rings is 1. The van der Waals surface area contributed by atoms with Gasteiger partial charge in [-0.05, 0) is 36.1 Å². The van der Waals surface area contributed by atoms with Gasteiger partial charge in [0, 0.05) is 13.1 Å². The van der Waals surface area contributed by atoms with Gasteiger partial charge < -0.3 is 10.6 Å². The van der Waals surface area contributed by atoms with Gasteiger partial charge in [0.15, 0.2) is 0 Å². The van der Waals surface area contributed by atoms with E-state index in [2.05, 4.69) is 6.92 Å². The number of nitrogens with zero attached hydrogens (tertiary/aromatic N) is 1. The third-order valence-electron chi connectivity index (χ3n) is 3.67. The van der Waals surface area contributed by atoms with Crippen LogP contribution in [0.15, 0.2) is 24.3 Å². The molecule has 1 unspecified atom stereocenters. The first kappa shape index (κ1) is 13.0. The van der Waals surface area contributed by atoms with Crippen molar-refractivity contribution in [1.29, 1.82) is 0 Å². The van der Waals surface area contributed by atoms with E-state index in [1.54, 1.807) is 12.1 Å². The number of hydrogen-bond donors (Lipinski definition) is 1. The van der Waals surface area contributed by atoms with Crippen LogP contribution in [0.3, 0.4) is 0 Å². The van der Waals surface area contributed by atoms with Crippen LogP contribution in [0.1, 0.15) is 18.9 Å². The van der Waals surface area contributed by atoms with Gasteiger partial charge in [-0.15, -0.1) is 0 Å². The van der Waals surface area contributed by atoms with Crippen LogP contribution in [-0.4, -0.2) is 30.4 Å². The van der Waals surface area contributed by atoms with Gasteiger partial charge in [0.05, 0.1) is 6.42 Å². The maximum atomic E-state index is 12.8. The quantitative estimate of drug-likeness (QED) is 0.885. The molecule has 1 aliphatic heterocycles. The van der Waals surface area contributed by atoms with Gasteiger partial charge in [-0.1, -0.05) is 19.1 Å². The van der Waals surface area contributed by atoms with Crippen LogP contribution < -0.4 is 5.73 Å². The van der Waals surface area contributed by atoms with Crippen molar-refractivity contribution in [2.75, 3.05) is 19.6 Å². The van der Waals surface area contributed by atoms with Crippen molar-refractivity contribution >= 4 is 5.91 Å². The normalized spacial score (nSPS) is 23.4. The highest BCUT2D eigenvalue weighted by molar-refractivity contribution is 5.79. The Balaban J connectivity index is 1.95. The lowest BCUT2D eigenvalue weighted by Gasteiger charge is -2.22. The van der Waals surface area contributed by atoms with Crippen LogP contribution in [0.5, 0.6) is 0 Å². The highest BCUT2D eigenvalue weighted by Gasteiger charge is 2.34. The third kappa shape index (κ3) is 2.88. The Morgan fingerprint density at radius 3 is 2.67 bits per heavy atom. The van der Waals surface area contributed by atoms with E-state index in [1.807, 2.05) is 4.90 Å². The molecule has 1 aliphatic rings. The summed E-state index contributed by atoms with van der Waals surface area (Å²) in [5, 5.41) is 0. The standard InChI is InChI=1S/C14H19FN2O/c1-14(9-16)6-7-17(10-14)13(18)8-11-2-4-12(15)5-3-11/h2-5H,6-10,16H2,1H3. The molecular weight excluding hydrogens is 231 g/mol. The summed E-state index contributed by atoms with van der Waals surface area (Å²) in [6.07, 6.45) is 1.29. The average molecular weight is 250 g/mol. The number of nitrogens with two attached hydrogens (primary N) is 1. The van der Waals surface area contributed by atoms with Crippen molar-refractivity contribution in [3.63, 3.8) is 0 Å².